The van der Waals surface area contributed by atoms with Gasteiger partial charge in [-0.15, -0.1) is 0 Å². The van der Waals surface area contributed by atoms with Crippen LogP contribution in [0.5, 0.6) is 5.75 Å². The van der Waals surface area contributed by atoms with Crippen molar-refractivity contribution in [3.8, 4) is 5.75 Å². The molecular formula is C12H14BrF3O2. The quantitative estimate of drug-likeness (QED) is 0.725. The molecule has 0 fully saturated rings. The average molecular weight is 327 g/mol. The number of halogens is 4. The molecule has 0 amide bonds. The lowest BCUT2D eigenvalue weighted by Gasteiger charge is -2.10. The zero-order chi connectivity index (χ0) is 13.6. The molecule has 0 atom stereocenters. The van der Waals surface area contributed by atoms with Crippen molar-refractivity contribution in [3.05, 3.63) is 28.2 Å². The van der Waals surface area contributed by atoms with Crippen molar-refractivity contribution < 1.29 is 22.6 Å². The van der Waals surface area contributed by atoms with Gasteiger partial charge in [0.25, 0.3) is 0 Å². The summed E-state index contributed by atoms with van der Waals surface area (Å²) < 4.78 is 46.9. The van der Waals surface area contributed by atoms with E-state index in [1.165, 1.54) is 7.11 Å². The number of hydrogen-bond donors (Lipinski definition) is 0. The second-order valence-electron chi connectivity index (χ2n) is 3.73. The molecule has 0 radical (unpaired) electrons. The van der Waals surface area contributed by atoms with Gasteiger partial charge in [-0.25, -0.2) is 0 Å². The fourth-order valence-corrected chi connectivity index (χ4v) is 1.83. The maximum absolute atomic E-state index is 11.9. The van der Waals surface area contributed by atoms with Crippen molar-refractivity contribution in [2.75, 3.05) is 13.7 Å². The fraction of sp³-hybridized carbons (Fsp3) is 0.500. The molecule has 0 spiro atoms. The van der Waals surface area contributed by atoms with E-state index in [9.17, 15) is 13.2 Å². The number of ether oxygens (including phenoxy) is 2. The molecule has 0 aliphatic carbocycles. The zero-order valence-corrected chi connectivity index (χ0v) is 11.5. The van der Waals surface area contributed by atoms with Crippen LogP contribution in [0.25, 0.3) is 0 Å². The standard InChI is InChI=1S/C12H14BrF3O2/c1-17-11-4-3-10(13)7-9(11)8-18-6-2-5-12(14,15)16/h3-4,7H,2,5-6,8H2,1H3. The third kappa shape index (κ3) is 5.73. The molecule has 2 nitrogen and oxygen atoms in total. The van der Waals surface area contributed by atoms with Crippen LogP contribution in [0.4, 0.5) is 13.2 Å². The van der Waals surface area contributed by atoms with E-state index in [0.717, 1.165) is 10.0 Å². The Hall–Kier alpha value is -0.750. The van der Waals surface area contributed by atoms with E-state index in [4.69, 9.17) is 9.47 Å². The van der Waals surface area contributed by atoms with E-state index >= 15 is 0 Å². The largest absolute Gasteiger partial charge is 0.496 e. The molecule has 0 aromatic heterocycles. The Morgan fingerprint density at radius 1 is 1.28 bits per heavy atom. The SMILES string of the molecule is COc1ccc(Br)cc1COCCCC(F)(F)F. The molecule has 0 aliphatic heterocycles. The average Bonchev–Trinajstić information content (AvgIpc) is 2.27. The Bertz CT molecular complexity index is 380. The van der Waals surface area contributed by atoms with Gasteiger partial charge in [0.1, 0.15) is 5.75 Å². The van der Waals surface area contributed by atoms with Crippen LogP contribution in [0, 0.1) is 0 Å². The summed E-state index contributed by atoms with van der Waals surface area (Å²) in [6.45, 7) is 0.315. The van der Waals surface area contributed by atoms with Crippen molar-refractivity contribution in [1.29, 1.82) is 0 Å². The molecule has 0 heterocycles. The first kappa shape index (κ1) is 15.3. The van der Waals surface area contributed by atoms with Crippen LogP contribution >= 0.6 is 15.9 Å². The third-order valence-corrected chi connectivity index (χ3v) is 2.74. The molecule has 6 heteroatoms. The van der Waals surface area contributed by atoms with Crippen LogP contribution in [-0.4, -0.2) is 19.9 Å². The predicted molar refractivity (Wildman–Crippen MR) is 65.6 cm³/mol. The Morgan fingerprint density at radius 2 is 2.00 bits per heavy atom. The first-order valence-electron chi connectivity index (χ1n) is 5.39. The Kier molecular flexibility index (Phi) is 5.95. The highest BCUT2D eigenvalue weighted by Crippen LogP contribution is 2.24. The van der Waals surface area contributed by atoms with Crippen molar-refractivity contribution in [2.45, 2.75) is 25.6 Å². The minimum Gasteiger partial charge on any atom is -0.496 e. The second-order valence-corrected chi connectivity index (χ2v) is 4.64. The lowest BCUT2D eigenvalue weighted by molar-refractivity contribution is -0.138. The number of methoxy groups -OCH3 is 1. The van der Waals surface area contributed by atoms with Crippen LogP contribution in [0.3, 0.4) is 0 Å². The molecule has 1 aromatic carbocycles. The Morgan fingerprint density at radius 3 is 2.61 bits per heavy atom. The Balaban J connectivity index is 2.37. The molecular weight excluding hydrogens is 313 g/mol. The highest BCUT2D eigenvalue weighted by molar-refractivity contribution is 9.10. The molecule has 1 aromatic rings. The summed E-state index contributed by atoms with van der Waals surface area (Å²) in [5.74, 6) is 0.661. The number of alkyl halides is 3. The predicted octanol–water partition coefficient (Wildman–Crippen LogP) is 4.32. The summed E-state index contributed by atoms with van der Waals surface area (Å²) in [6.07, 6.45) is -4.96. The highest BCUT2D eigenvalue weighted by Gasteiger charge is 2.25. The van der Waals surface area contributed by atoms with Gasteiger partial charge >= 0.3 is 6.18 Å². The molecule has 0 saturated heterocycles. The third-order valence-electron chi connectivity index (χ3n) is 2.25. The number of rotatable bonds is 6. The van der Waals surface area contributed by atoms with E-state index in [1.807, 2.05) is 12.1 Å². The molecule has 1 rings (SSSR count). The van der Waals surface area contributed by atoms with E-state index in [0.29, 0.717) is 5.75 Å². The van der Waals surface area contributed by atoms with Crippen LogP contribution in [0.1, 0.15) is 18.4 Å². The zero-order valence-electron chi connectivity index (χ0n) is 9.89. The minimum atomic E-state index is -4.11. The molecule has 0 bridgehead atoms. The van der Waals surface area contributed by atoms with Crippen LogP contribution < -0.4 is 4.74 Å². The van der Waals surface area contributed by atoms with Gasteiger partial charge in [-0.1, -0.05) is 15.9 Å². The maximum Gasteiger partial charge on any atom is 0.389 e. The van der Waals surface area contributed by atoms with Gasteiger partial charge in [0.05, 0.1) is 13.7 Å². The first-order chi connectivity index (χ1) is 8.42. The van der Waals surface area contributed by atoms with E-state index in [2.05, 4.69) is 15.9 Å². The normalized spacial score (nSPS) is 11.6. The van der Waals surface area contributed by atoms with Crippen molar-refractivity contribution >= 4 is 15.9 Å². The van der Waals surface area contributed by atoms with Crippen molar-refractivity contribution in [3.63, 3.8) is 0 Å². The van der Waals surface area contributed by atoms with Crippen molar-refractivity contribution in [2.24, 2.45) is 0 Å². The molecule has 0 unspecified atom stereocenters. The summed E-state index contributed by atoms with van der Waals surface area (Å²) >= 11 is 3.31. The lowest BCUT2D eigenvalue weighted by atomic mass is 10.2. The van der Waals surface area contributed by atoms with Gasteiger partial charge in [0, 0.05) is 23.1 Å². The van der Waals surface area contributed by atoms with Gasteiger partial charge in [-0.2, -0.15) is 13.2 Å². The van der Waals surface area contributed by atoms with Gasteiger partial charge in [0.15, 0.2) is 0 Å². The van der Waals surface area contributed by atoms with Crippen LogP contribution in [0.15, 0.2) is 22.7 Å². The molecule has 102 valence electrons. The van der Waals surface area contributed by atoms with Gasteiger partial charge < -0.3 is 9.47 Å². The summed E-state index contributed by atoms with van der Waals surface area (Å²) in [5.41, 5.74) is 0.805. The molecule has 0 aliphatic rings. The van der Waals surface area contributed by atoms with E-state index in [1.54, 1.807) is 6.07 Å². The summed E-state index contributed by atoms with van der Waals surface area (Å²) in [6, 6.07) is 5.42. The van der Waals surface area contributed by atoms with Gasteiger partial charge in [0.2, 0.25) is 0 Å². The summed E-state index contributed by atoms with van der Waals surface area (Å²) in [5, 5.41) is 0. The highest BCUT2D eigenvalue weighted by atomic mass is 79.9. The molecule has 0 saturated carbocycles. The topological polar surface area (TPSA) is 18.5 Å². The Labute approximate surface area is 112 Å². The maximum atomic E-state index is 11.9. The minimum absolute atomic E-state index is 0.0280. The number of benzene rings is 1. The second kappa shape index (κ2) is 6.99. The summed E-state index contributed by atoms with van der Waals surface area (Å²) in [4.78, 5) is 0. The van der Waals surface area contributed by atoms with Crippen LogP contribution in [0.2, 0.25) is 0 Å². The van der Waals surface area contributed by atoms with E-state index in [-0.39, 0.29) is 19.6 Å². The summed E-state index contributed by atoms with van der Waals surface area (Å²) in [7, 11) is 1.54. The first-order valence-corrected chi connectivity index (χ1v) is 6.18. The van der Waals surface area contributed by atoms with E-state index < -0.39 is 12.6 Å². The smallest absolute Gasteiger partial charge is 0.389 e. The van der Waals surface area contributed by atoms with Gasteiger partial charge in [-0.3, -0.25) is 0 Å². The van der Waals surface area contributed by atoms with Crippen LogP contribution in [-0.2, 0) is 11.3 Å². The molecule has 0 N–H and O–H groups in total. The number of hydrogen-bond acceptors (Lipinski definition) is 2. The van der Waals surface area contributed by atoms with Gasteiger partial charge in [-0.05, 0) is 24.6 Å². The lowest BCUT2D eigenvalue weighted by Crippen LogP contribution is -2.08. The monoisotopic (exact) mass is 326 g/mol. The fourth-order valence-electron chi connectivity index (χ4n) is 1.42. The molecule has 18 heavy (non-hydrogen) atoms. The van der Waals surface area contributed by atoms with Crippen molar-refractivity contribution in [1.82, 2.24) is 0 Å².